The minimum absolute atomic E-state index is 0.0165. The molecule has 1 atom stereocenters. The fourth-order valence-corrected chi connectivity index (χ4v) is 4.65. The number of ether oxygens (including phenoxy) is 3. The summed E-state index contributed by atoms with van der Waals surface area (Å²) in [6, 6.07) is 16.5. The van der Waals surface area contributed by atoms with E-state index in [2.05, 4.69) is 15.6 Å². The highest BCUT2D eigenvalue weighted by molar-refractivity contribution is 6.40. The Hall–Kier alpha value is -4.74. The first-order valence-corrected chi connectivity index (χ1v) is 12.6. The minimum atomic E-state index is -1.03. The van der Waals surface area contributed by atoms with Crippen LogP contribution in [0.5, 0.6) is 23.0 Å². The maximum absolute atomic E-state index is 15.1. The molecule has 2 heterocycles. The summed E-state index contributed by atoms with van der Waals surface area (Å²) >= 11 is 0. The average molecular weight is 546 g/mol. The Labute approximate surface area is 229 Å². The summed E-state index contributed by atoms with van der Waals surface area (Å²) in [7, 11) is 3.02. The number of pyridine rings is 1. The molecular weight excluding hydrogens is 517 g/mol. The lowest BCUT2D eigenvalue weighted by atomic mass is 9.94. The van der Waals surface area contributed by atoms with E-state index in [0.717, 1.165) is 24.6 Å². The van der Waals surface area contributed by atoms with Gasteiger partial charge in [0.2, 0.25) is 0 Å². The number of hydrogen-bond donors (Lipinski definition) is 3. The molecule has 1 unspecified atom stereocenters. The van der Waals surface area contributed by atoms with E-state index in [1.54, 1.807) is 18.2 Å². The van der Waals surface area contributed by atoms with Crippen LogP contribution in [0.2, 0.25) is 0 Å². The fraction of sp³-hybridized carbons (Fsp3) is 0.207. The smallest absolute Gasteiger partial charge is 0.330 e. The van der Waals surface area contributed by atoms with Gasteiger partial charge in [0.15, 0.2) is 23.1 Å². The van der Waals surface area contributed by atoms with Gasteiger partial charge in [-0.3, -0.25) is 14.6 Å². The second-order valence-electron chi connectivity index (χ2n) is 9.09. The van der Waals surface area contributed by atoms with Crippen molar-refractivity contribution in [1.29, 1.82) is 0 Å². The summed E-state index contributed by atoms with van der Waals surface area (Å²) in [6.45, 7) is 0.965. The van der Waals surface area contributed by atoms with E-state index in [1.165, 1.54) is 38.1 Å². The molecule has 4 N–H and O–H groups in total. The first-order chi connectivity index (χ1) is 19.4. The third-order valence-electron chi connectivity index (χ3n) is 6.72. The molecule has 0 saturated heterocycles. The Kier molecular flexibility index (Phi) is 7.76. The highest BCUT2D eigenvalue weighted by Crippen LogP contribution is 2.37. The maximum Gasteiger partial charge on any atom is 0.330 e. The molecule has 2 amide bonds. The zero-order valence-corrected chi connectivity index (χ0v) is 21.9. The fourth-order valence-electron chi connectivity index (χ4n) is 4.65. The third kappa shape index (κ3) is 5.37. The lowest BCUT2D eigenvalue weighted by Gasteiger charge is -2.27. The molecule has 0 fully saturated rings. The van der Waals surface area contributed by atoms with E-state index >= 15 is 4.39 Å². The predicted octanol–water partition coefficient (Wildman–Crippen LogP) is 3.39. The quantitative estimate of drug-likeness (QED) is 0.140. The molecule has 206 valence electrons. The first-order valence-electron chi connectivity index (χ1n) is 12.6. The Balaban J connectivity index is 1.27. The second-order valence-corrected chi connectivity index (χ2v) is 9.09. The number of amides is 2. The Bertz CT molecular complexity index is 1580. The van der Waals surface area contributed by atoms with E-state index in [1.807, 2.05) is 24.3 Å². The zero-order chi connectivity index (χ0) is 28.2. The molecule has 1 aliphatic heterocycles. The number of aromatic nitrogens is 1. The molecular formula is C29H28FN5O5. The van der Waals surface area contributed by atoms with Crippen LogP contribution in [0.3, 0.4) is 0 Å². The van der Waals surface area contributed by atoms with E-state index < -0.39 is 17.6 Å². The van der Waals surface area contributed by atoms with Crippen molar-refractivity contribution in [1.82, 2.24) is 15.6 Å². The Morgan fingerprint density at radius 2 is 1.82 bits per heavy atom. The SMILES string of the molecule is COc1cc2nccc(Oc3ccc(N(N)C(=O)C(=O)NCC4NCCc5ccccc54)cc3F)c2cc1OC. The topological polar surface area (TPSA) is 128 Å². The Morgan fingerprint density at radius 3 is 2.60 bits per heavy atom. The molecule has 0 aliphatic carbocycles. The summed E-state index contributed by atoms with van der Waals surface area (Å²) in [5.41, 5.74) is 2.81. The molecule has 0 radical (unpaired) electrons. The largest absolute Gasteiger partial charge is 0.493 e. The molecule has 4 aromatic rings. The number of carbonyl (C=O) groups excluding carboxylic acids is 2. The summed E-state index contributed by atoms with van der Waals surface area (Å²) in [6.07, 6.45) is 2.41. The molecule has 11 heteroatoms. The number of benzene rings is 3. The van der Waals surface area contributed by atoms with Crippen molar-refractivity contribution in [2.45, 2.75) is 12.5 Å². The van der Waals surface area contributed by atoms with Gasteiger partial charge in [0.25, 0.3) is 0 Å². The van der Waals surface area contributed by atoms with Gasteiger partial charge < -0.3 is 24.8 Å². The van der Waals surface area contributed by atoms with Crippen LogP contribution in [0.1, 0.15) is 17.2 Å². The zero-order valence-electron chi connectivity index (χ0n) is 21.9. The number of methoxy groups -OCH3 is 2. The summed E-state index contributed by atoms with van der Waals surface area (Å²) in [5, 5.41) is 7.13. The van der Waals surface area contributed by atoms with Gasteiger partial charge in [0, 0.05) is 36.3 Å². The molecule has 1 aromatic heterocycles. The molecule has 0 spiro atoms. The number of anilines is 1. The maximum atomic E-state index is 15.1. The predicted molar refractivity (Wildman–Crippen MR) is 147 cm³/mol. The summed E-state index contributed by atoms with van der Waals surface area (Å²) in [4.78, 5) is 29.6. The van der Waals surface area contributed by atoms with Crippen molar-refractivity contribution < 1.29 is 28.2 Å². The molecule has 1 aliphatic rings. The van der Waals surface area contributed by atoms with Crippen molar-refractivity contribution in [2.75, 3.05) is 32.3 Å². The number of fused-ring (bicyclic) bond motifs is 2. The van der Waals surface area contributed by atoms with Gasteiger partial charge in [0.05, 0.1) is 25.4 Å². The van der Waals surface area contributed by atoms with E-state index in [-0.39, 0.29) is 24.0 Å². The number of hydrazine groups is 1. The molecule has 5 rings (SSSR count). The van der Waals surface area contributed by atoms with Gasteiger partial charge >= 0.3 is 11.8 Å². The van der Waals surface area contributed by atoms with Gasteiger partial charge in [-0.2, -0.15) is 0 Å². The lowest BCUT2D eigenvalue weighted by Crippen LogP contribution is -2.49. The van der Waals surface area contributed by atoms with Gasteiger partial charge in [-0.25, -0.2) is 15.2 Å². The van der Waals surface area contributed by atoms with Crippen molar-refractivity contribution in [2.24, 2.45) is 5.84 Å². The number of nitrogens with zero attached hydrogens (tertiary/aromatic N) is 2. The average Bonchev–Trinajstić information content (AvgIpc) is 2.99. The van der Waals surface area contributed by atoms with Crippen LogP contribution in [0.15, 0.2) is 66.9 Å². The van der Waals surface area contributed by atoms with Gasteiger partial charge in [0.1, 0.15) is 5.75 Å². The number of hydrogen-bond acceptors (Lipinski definition) is 8. The summed E-state index contributed by atoms with van der Waals surface area (Å²) in [5.74, 6) is 4.35. The van der Waals surface area contributed by atoms with E-state index in [4.69, 9.17) is 20.1 Å². The second kappa shape index (κ2) is 11.6. The highest BCUT2D eigenvalue weighted by atomic mass is 19.1. The van der Waals surface area contributed by atoms with Crippen LogP contribution in [-0.4, -0.2) is 44.1 Å². The first kappa shape index (κ1) is 26.9. The standard InChI is InChI=1S/C29H28FN5O5/c1-38-26-14-20-22(15-27(26)39-2)32-12-10-24(20)40-25-8-7-18(13-21(25)30)35(31)29(37)28(36)34-16-23-19-6-4-3-5-17(19)9-11-33-23/h3-8,10,12-15,23,33H,9,11,16,31H2,1-2H3,(H,34,36). The van der Waals surface area contributed by atoms with Crippen LogP contribution >= 0.6 is 0 Å². The van der Waals surface area contributed by atoms with Crippen LogP contribution in [0.25, 0.3) is 10.9 Å². The molecule has 3 aromatic carbocycles. The number of carbonyl (C=O) groups is 2. The number of nitrogens with two attached hydrogens (primary N) is 1. The molecule has 0 bridgehead atoms. The minimum Gasteiger partial charge on any atom is -0.493 e. The number of rotatable bonds is 7. The number of halogens is 1. The van der Waals surface area contributed by atoms with Crippen molar-refractivity contribution in [3.63, 3.8) is 0 Å². The van der Waals surface area contributed by atoms with Gasteiger partial charge in [-0.1, -0.05) is 24.3 Å². The molecule has 10 nitrogen and oxygen atoms in total. The van der Waals surface area contributed by atoms with Crippen LogP contribution in [0, 0.1) is 5.82 Å². The van der Waals surface area contributed by atoms with Crippen LogP contribution in [-0.2, 0) is 16.0 Å². The van der Waals surface area contributed by atoms with E-state index in [9.17, 15) is 9.59 Å². The van der Waals surface area contributed by atoms with Crippen molar-refractivity contribution in [3.8, 4) is 23.0 Å². The van der Waals surface area contributed by atoms with E-state index in [0.29, 0.717) is 33.2 Å². The summed E-state index contributed by atoms with van der Waals surface area (Å²) < 4.78 is 31.6. The lowest BCUT2D eigenvalue weighted by molar-refractivity contribution is -0.137. The van der Waals surface area contributed by atoms with Crippen molar-refractivity contribution >= 4 is 28.4 Å². The van der Waals surface area contributed by atoms with Crippen LogP contribution in [0.4, 0.5) is 10.1 Å². The third-order valence-corrected chi connectivity index (χ3v) is 6.72. The normalized spacial score (nSPS) is 14.2. The van der Waals surface area contributed by atoms with Gasteiger partial charge in [-0.15, -0.1) is 0 Å². The molecule has 40 heavy (non-hydrogen) atoms. The molecule has 0 saturated carbocycles. The van der Waals surface area contributed by atoms with Crippen LogP contribution < -0.4 is 35.7 Å². The highest BCUT2D eigenvalue weighted by Gasteiger charge is 2.25. The van der Waals surface area contributed by atoms with Crippen molar-refractivity contribution in [3.05, 3.63) is 83.8 Å². The monoisotopic (exact) mass is 545 g/mol. The van der Waals surface area contributed by atoms with Gasteiger partial charge in [-0.05, 0) is 48.4 Å². The number of nitrogens with one attached hydrogen (secondary N) is 2. The Morgan fingerprint density at radius 1 is 1.05 bits per heavy atom.